The molecular weight excluding hydrogens is 1050 g/mol. The van der Waals surface area contributed by atoms with Gasteiger partial charge in [0.05, 0.1) is 0 Å². The SMILES string of the molecule is CC(C)(O/N=C(\C(=O)NC(C(=O)Nc1nc(/C(=N/OC(C)(C)C(=O)O)C(=O)N[C@@H]2C(=O)N3C(C(=O)O)=C(C[n+]4ccccc4)CS[C@H]23)cs1)C1NC(C(=O)O)=C(C[n+]2ccccc2)CS1)c1csc(N)n1)C(=O)O. The molecule has 4 atom stereocenters. The average Bonchev–Trinajstić information content (AvgIpc) is 4.01. The Balaban J connectivity index is 1.17. The fraction of sp³-hybridized carbons (Fsp3) is 0.318. The van der Waals surface area contributed by atoms with Crippen LogP contribution >= 0.6 is 46.2 Å². The van der Waals surface area contributed by atoms with E-state index in [9.17, 15) is 58.8 Å². The fourth-order valence-electron chi connectivity index (χ4n) is 6.91. The third-order valence-corrected chi connectivity index (χ3v) is 15.0. The lowest BCUT2D eigenvalue weighted by atomic mass is 10.0. The van der Waals surface area contributed by atoms with E-state index in [1.165, 1.54) is 36.4 Å². The molecule has 0 saturated carbocycles. The second kappa shape index (κ2) is 22.4. The van der Waals surface area contributed by atoms with Gasteiger partial charge in [-0.05, 0) is 27.7 Å². The number of pyridine rings is 2. The Morgan fingerprint density at radius 1 is 0.784 bits per heavy atom. The minimum Gasteiger partial charge on any atom is -0.478 e. The first-order valence-corrected chi connectivity index (χ1v) is 25.6. The summed E-state index contributed by atoms with van der Waals surface area (Å²) in [5.41, 5.74) is 0.566. The third kappa shape index (κ3) is 12.3. The number of aliphatic carboxylic acids is 4. The van der Waals surface area contributed by atoms with Gasteiger partial charge in [-0.3, -0.25) is 24.1 Å². The zero-order valence-corrected chi connectivity index (χ0v) is 42.5. The molecule has 1 fully saturated rings. The summed E-state index contributed by atoms with van der Waals surface area (Å²) in [6.45, 7) is 4.96. The molecule has 0 aromatic carbocycles. The quantitative estimate of drug-likeness (QED) is 0.0233. The molecular formula is C44H46N12O14S4+2. The lowest BCUT2D eigenvalue weighted by Crippen LogP contribution is -2.71. The highest BCUT2D eigenvalue weighted by Crippen LogP contribution is 2.40. The van der Waals surface area contributed by atoms with E-state index in [0.717, 1.165) is 53.2 Å². The molecule has 26 nitrogen and oxygen atoms in total. The van der Waals surface area contributed by atoms with Gasteiger partial charge in [-0.1, -0.05) is 22.4 Å². The molecule has 7 heterocycles. The molecule has 4 aromatic rings. The first-order chi connectivity index (χ1) is 35.0. The number of nitrogens with zero attached hydrogens (tertiary/aromatic N) is 7. The number of fused-ring (bicyclic) bond motifs is 1. The van der Waals surface area contributed by atoms with Gasteiger partial charge in [-0.25, -0.2) is 38.3 Å². The lowest BCUT2D eigenvalue weighted by Gasteiger charge is -2.49. The number of anilines is 2. The Kier molecular flexibility index (Phi) is 16.3. The Morgan fingerprint density at radius 2 is 1.32 bits per heavy atom. The van der Waals surface area contributed by atoms with Crippen LogP contribution in [0.3, 0.4) is 0 Å². The molecule has 0 aliphatic carbocycles. The van der Waals surface area contributed by atoms with Crippen LogP contribution < -0.4 is 36.1 Å². The van der Waals surface area contributed by atoms with E-state index in [0.29, 0.717) is 11.1 Å². The predicted molar refractivity (Wildman–Crippen MR) is 265 cm³/mol. The maximum atomic E-state index is 14.5. The number of oxime groups is 2. The Labute approximate surface area is 435 Å². The van der Waals surface area contributed by atoms with Gasteiger partial charge in [0.15, 0.2) is 59.6 Å². The van der Waals surface area contributed by atoms with Crippen molar-refractivity contribution in [1.29, 1.82) is 0 Å². The number of carbonyl (C=O) groups is 8. The molecule has 3 aliphatic heterocycles. The number of carboxylic acid groups (broad SMARTS) is 4. The summed E-state index contributed by atoms with van der Waals surface area (Å²) < 4.78 is 3.49. The van der Waals surface area contributed by atoms with E-state index in [4.69, 9.17) is 15.4 Å². The summed E-state index contributed by atoms with van der Waals surface area (Å²) in [5.74, 6) is -9.36. The van der Waals surface area contributed by atoms with E-state index >= 15 is 0 Å². The molecule has 0 radical (unpaired) electrons. The van der Waals surface area contributed by atoms with Gasteiger partial charge in [-0.15, -0.1) is 46.2 Å². The molecule has 30 heteroatoms. The van der Waals surface area contributed by atoms with Crippen molar-refractivity contribution in [3.8, 4) is 0 Å². The van der Waals surface area contributed by atoms with Crippen LogP contribution in [0.1, 0.15) is 39.1 Å². The Bertz CT molecular complexity index is 3030. The molecule has 2 unspecified atom stereocenters. The number of carboxylic acids is 4. The van der Waals surface area contributed by atoms with Crippen molar-refractivity contribution in [2.75, 3.05) is 22.6 Å². The van der Waals surface area contributed by atoms with Crippen molar-refractivity contribution in [1.82, 2.24) is 30.8 Å². The molecule has 1 saturated heterocycles. The number of thioether (sulfide) groups is 2. The van der Waals surface area contributed by atoms with Gasteiger partial charge in [-0.2, -0.15) is 0 Å². The number of nitrogens with one attached hydrogen (secondary N) is 4. The zero-order valence-electron chi connectivity index (χ0n) is 39.3. The first-order valence-electron chi connectivity index (χ1n) is 21.7. The summed E-state index contributed by atoms with van der Waals surface area (Å²) in [5, 5.41) is 58.3. The second-order valence-electron chi connectivity index (χ2n) is 17.1. The molecule has 3 aliphatic rings. The Hall–Kier alpha value is -7.96. The van der Waals surface area contributed by atoms with Crippen LogP contribution in [0.4, 0.5) is 10.3 Å². The van der Waals surface area contributed by atoms with Crippen LogP contribution in [0.2, 0.25) is 0 Å². The average molecular weight is 1100 g/mol. The highest BCUT2D eigenvalue weighted by molar-refractivity contribution is 8.00. The highest BCUT2D eigenvalue weighted by Gasteiger charge is 2.55. The molecule has 0 bridgehead atoms. The smallest absolute Gasteiger partial charge is 0.352 e. The Morgan fingerprint density at radius 3 is 1.86 bits per heavy atom. The number of rotatable bonds is 21. The van der Waals surface area contributed by atoms with Gasteiger partial charge >= 0.3 is 23.9 Å². The van der Waals surface area contributed by atoms with Crippen LogP contribution in [0.15, 0.2) is 105 Å². The number of nitrogen functional groups attached to an aromatic ring is 1. The maximum Gasteiger partial charge on any atom is 0.352 e. The number of hydrogen-bond donors (Lipinski definition) is 9. The van der Waals surface area contributed by atoms with Crippen LogP contribution in [-0.2, 0) is 61.1 Å². The summed E-state index contributed by atoms with van der Waals surface area (Å²) in [6.07, 6.45) is 6.94. The molecule has 74 heavy (non-hydrogen) atoms. The minimum absolute atomic E-state index is 0.00378. The van der Waals surface area contributed by atoms with Crippen molar-refractivity contribution in [3.63, 3.8) is 0 Å². The highest BCUT2D eigenvalue weighted by atomic mass is 32.2. The normalized spacial score (nSPS) is 18.5. The topological polar surface area (TPSA) is 372 Å². The lowest BCUT2D eigenvalue weighted by molar-refractivity contribution is -0.689. The van der Waals surface area contributed by atoms with Crippen molar-refractivity contribution in [3.05, 3.63) is 106 Å². The second-order valence-corrected chi connectivity index (χ2v) is 21.1. The van der Waals surface area contributed by atoms with Crippen molar-refractivity contribution in [2.24, 2.45) is 10.3 Å². The maximum absolute atomic E-state index is 14.5. The van der Waals surface area contributed by atoms with Gasteiger partial charge in [0.1, 0.15) is 45.6 Å². The van der Waals surface area contributed by atoms with Gasteiger partial charge < -0.3 is 57.1 Å². The molecule has 10 N–H and O–H groups in total. The van der Waals surface area contributed by atoms with Crippen molar-refractivity contribution in [2.45, 2.75) is 74.8 Å². The summed E-state index contributed by atoms with van der Waals surface area (Å²) in [6, 6.07) is 7.63. The van der Waals surface area contributed by atoms with E-state index in [2.05, 4.69) is 41.5 Å². The molecule has 0 spiro atoms. The number of β-lactam (4-membered cyclic amide) rings is 1. The van der Waals surface area contributed by atoms with E-state index in [-0.39, 0.29) is 57.6 Å². The number of thiazole rings is 2. The third-order valence-electron chi connectivity index (χ3n) is 10.9. The largest absolute Gasteiger partial charge is 0.478 e. The van der Waals surface area contributed by atoms with E-state index < -0.39 is 93.0 Å². The summed E-state index contributed by atoms with van der Waals surface area (Å²) in [4.78, 5) is 126. The van der Waals surface area contributed by atoms with Crippen LogP contribution in [0.25, 0.3) is 0 Å². The van der Waals surface area contributed by atoms with Gasteiger partial charge in [0.25, 0.3) is 23.6 Å². The zero-order chi connectivity index (χ0) is 53.6. The standard InChI is InChI=1S/C44H44N12O14S4/c1-43(2,39(65)66)69-52-26(23-19-73-41(45)46-23)31(57)48-28(34-50-25(37(61)62)21(17-71-34)15-54-11-7-5-8-12-54)33(59)51-42-47-24(20-74-42)27(53-70-44(3,4)40(67)68)32(58)49-29-35(60)56-30(38(63)64)22(18-72-36(29)56)16-55-13-9-6-10-14-55/h5-14,19-20,28-29,34,36,50H,15-18H2,1-4H3,(H7-2,45,46,47,48,49,51,57,58,59,61,62,63,64,65,66,67,68)/p+2/b52-26-,53-27-/t28?,29-,34?,36-/m1/s1. The van der Waals surface area contributed by atoms with Crippen LogP contribution in [0.5, 0.6) is 0 Å². The minimum atomic E-state index is -2.00. The number of aromatic nitrogens is 4. The summed E-state index contributed by atoms with van der Waals surface area (Å²) in [7, 11) is 0. The van der Waals surface area contributed by atoms with Crippen molar-refractivity contribution >= 4 is 115 Å². The van der Waals surface area contributed by atoms with Gasteiger partial charge in [0.2, 0.25) is 11.2 Å². The molecule has 7 rings (SSSR count). The number of carbonyl (C=O) groups excluding carboxylic acids is 4. The molecule has 388 valence electrons. The van der Waals surface area contributed by atoms with Crippen LogP contribution in [0, 0.1) is 0 Å². The molecule has 4 aromatic heterocycles. The van der Waals surface area contributed by atoms with Crippen molar-refractivity contribution < 1.29 is 77.6 Å². The predicted octanol–water partition coefficient (Wildman–Crippen LogP) is 0.188. The number of amides is 4. The van der Waals surface area contributed by atoms with E-state index in [1.54, 1.807) is 70.3 Å². The fourth-order valence-corrected chi connectivity index (χ4v) is 10.7. The monoisotopic (exact) mass is 1090 g/mol. The first kappa shape index (κ1) is 53.8. The number of nitrogens with two attached hydrogens (primary N) is 1. The van der Waals surface area contributed by atoms with Crippen LogP contribution in [-0.4, -0.2) is 140 Å². The summed E-state index contributed by atoms with van der Waals surface area (Å²) >= 11 is 3.92. The molecule has 4 amide bonds. The number of hydrogen-bond acceptors (Lipinski definition) is 20. The van der Waals surface area contributed by atoms with E-state index in [1.807, 2.05) is 0 Å². The van der Waals surface area contributed by atoms with Gasteiger partial charge in [0, 0.05) is 57.7 Å².